The van der Waals surface area contributed by atoms with Crippen LogP contribution in [0.4, 0.5) is 11.4 Å². The van der Waals surface area contributed by atoms with Crippen molar-refractivity contribution in [2.75, 3.05) is 30.3 Å². The van der Waals surface area contributed by atoms with Gasteiger partial charge in [-0.25, -0.2) is 0 Å². The summed E-state index contributed by atoms with van der Waals surface area (Å²) in [5, 5.41) is 8.94. The molecule has 0 aromatic heterocycles. The predicted molar refractivity (Wildman–Crippen MR) is 79.4 cm³/mol. The van der Waals surface area contributed by atoms with E-state index in [0.717, 1.165) is 24.3 Å². The lowest BCUT2D eigenvalue weighted by Crippen LogP contribution is -2.26. The van der Waals surface area contributed by atoms with Gasteiger partial charge in [-0.15, -0.1) is 0 Å². The number of benzene rings is 1. The Kier molecular flexibility index (Phi) is 8.16. The van der Waals surface area contributed by atoms with Crippen LogP contribution in [0.2, 0.25) is 0 Å². The number of nitrogens with two attached hydrogens (primary N) is 1. The Morgan fingerprint density at radius 3 is 2.20 bits per heavy atom. The molecular weight excluding hydrogens is 284 g/mol. The summed E-state index contributed by atoms with van der Waals surface area (Å²) in [6.45, 7) is 5.92. The number of nitrogens with zero attached hydrogens (tertiary/aromatic N) is 1. The zero-order chi connectivity index (χ0) is 15.8. The van der Waals surface area contributed by atoms with Crippen molar-refractivity contribution >= 4 is 21.8 Å². The lowest BCUT2D eigenvalue weighted by atomic mass is 10.1. The monoisotopic (exact) mass is 306 g/mol. The summed E-state index contributed by atoms with van der Waals surface area (Å²) in [4.78, 5) is 2.14. The highest BCUT2D eigenvalue weighted by atomic mass is 32.3. The van der Waals surface area contributed by atoms with E-state index in [1.54, 1.807) is 0 Å². The van der Waals surface area contributed by atoms with E-state index in [2.05, 4.69) is 24.8 Å². The minimum Gasteiger partial charge on any atom is -0.399 e. The van der Waals surface area contributed by atoms with Gasteiger partial charge in [0.05, 0.1) is 6.61 Å². The number of aryl methyl sites for hydroxylation is 1. The van der Waals surface area contributed by atoms with Crippen LogP contribution in [-0.4, -0.2) is 42.3 Å². The van der Waals surface area contributed by atoms with Crippen molar-refractivity contribution in [2.45, 2.75) is 20.3 Å². The first-order valence-corrected chi connectivity index (χ1v) is 7.56. The molecule has 1 aromatic carbocycles. The van der Waals surface area contributed by atoms with Gasteiger partial charge in [0.2, 0.25) is 0 Å². The van der Waals surface area contributed by atoms with E-state index in [0.29, 0.717) is 6.54 Å². The van der Waals surface area contributed by atoms with Gasteiger partial charge >= 0.3 is 10.4 Å². The Labute approximate surface area is 119 Å². The average Bonchev–Trinajstić information content (AvgIpc) is 2.35. The molecule has 1 aromatic rings. The largest absolute Gasteiger partial charge is 0.399 e. The van der Waals surface area contributed by atoms with E-state index in [9.17, 15) is 0 Å². The number of anilines is 2. The number of aliphatic hydroxyl groups is 1. The molecule has 116 valence electrons. The normalized spacial score (nSPS) is 10.7. The fourth-order valence-electron chi connectivity index (χ4n) is 1.69. The van der Waals surface area contributed by atoms with Crippen molar-refractivity contribution in [3.63, 3.8) is 0 Å². The van der Waals surface area contributed by atoms with E-state index in [-0.39, 0.29) is 6.61 Å². The molecule has 1 rings (SSSR count). The molecule has 0 aliphatic carbocycles. The molecule has 0 saturated heterocycles. The summed E-state index contributed by atoms with van der Waals surface area (Å²) < 4.78 is 31.6. The molecule has 20 heavy (non-hydrogen) atoms. The van der Waals surface area contributed by atoms with Crippen molar-refractivity contribution in [1.29, 1.82) is 0 Å². The van der Waals surface area contributed by atoms with Gasteiger partial charge in [0.15, 0.2) is 0 Å². The third kappa shape index (κ3) is 7.95. The summed E-state index contributed by atoms with van der Waals surface area (Å²) in [6, 6.07) is 6.05. The average molecular weight is 306 g/mol. The maximum absolute atomic E-state index is 8.94. The predicted octanol–water partition coefficient (Wildman–Crippen LogP) is 0.997. The maximum atomic E-state index is 8.94. The van der Waals surface area contributed by atoms with Crippen molar-refractivity contribution in [3.05, 3.63) is 23.8 Å². The summed E-state index contributed by atoms with van der Waals surface area (Å²) in [5.41, 5.74) is 9.00. The van der Waals surface area contributed by atoms with Crippen molar-refractivity contribution < 1.29 is 22.6 Å². The molecule has 0 aliphatic rings. The van der Waals surface area contributed by atoms with Gasteiger partial charge in [0, 0.05) is 24.5 Å². The number of aliphatic hydroxyl groups excluding tert-OH is 1. The standard InChI is InChI=1S/C12H20N2O.H2O4S/c1-3-10-9-11(5-6-12(10)13)14(4-2)7-8-15;1-5(2,3)4/h5-6,9,15H,3-4,7-8,13H2,1-2H3;(H2,1,2,3,4). The first-order valence-electron chi connectivity index (χ1n) is 6.17. The molecule has 0 unspecified atom stereocenters. The zero-order valence-corrected chi connectivity index (χ0v) is 12.5. The lowest BCUT2D eigenvalue weighted by molar-refractivity contribution is 0.302. The Bertz CT molecular complexity index is 497. The maximum Gasteiger partial charge on any atom is 0.394 e. The van der Waals surface area contributed by atoms with E-state index in [1.807, 2.05) is 12.1 Å². The number of hydrogen-bond acceptors (Lipinski definition) is 5. The van der Waals surface area contributed by atoms with Crippen LogP contribution in [0, 0.1) is 0 Å². The third-order valence-corrected chi connectivity index (χ3v) is 2.62. The van der Waals surface area contributed by atoms with E-state index < -0.39 is 10.4 Å². The van der Waals surface area contributed by atoms with Gasteiger partial charge in [-0.2, -0.15) is 8.42 Å². The second kappa shape index (κ2) is 8.75. The summed E-state index contributed by atoms with van der Waals surface area (Å²) in [5.74, 6) is 0. The van der Waals surface area contributed by atoms with Crippen LogP contribution >= 0.6 is 0 Å². The molecule has 0 atom stereocenters. The minimum absolute atomic E-state index is 0.180. The molecule has 8 heteroatoms. The molecule has 0 bridgehead atoms. The zero-order valence-electron chi connectivity index (χ0n) is 11.7. The minimum atomic E-state index is -4.67. The van der Waals surface area contributed by atoms with Crippen LogP contribution in [-0.2, 0) is 16.8 Å². The summed E-state index contributed by atoms with van der Waals surface area (Å²) in [7, 11) is -4.67. The van der Waals surface area contributed by atoms with E-state index in [4.69, 9.17) is 28.4 Å². The van der Waals surface area contributed by atoms with Crippen LogP contribution in [0.3, 0.4) is 0 Å². The van der Waals surface area contributed by atoms with E-state index >= 15 is 0 Å². The Hall–Kier alpha value is -1.35. The van der Waals surface area contributed by atoms with Gasteiger partial charge in [0.25, 0.3) is 0 Å². The highest BCUT2D eigenvalue weighted by Crippen LogP contribution is 2.21. The van der Waals surface area contributed by atoms with Crippen molar-refractivity contribution in [3.8, 4) is 0 Å². The molecule has 0 heterocycles. The van der Waals surface area contributed by atoms with Crippen LogP contribution < -0.4 is 10.6 Å². The first-order chi connectivity index (χ1) is 9.22. The Morgan fingerprint density at radius 2 is 1.80 bits per heavy atom. The van der Waals surface area contributed by atoms with Gasteiger partial charge in [-0.3, -0.25) is 9.11 Å². The van der Waals surface area contributed by atoms with Gasteiger partial charge in [-0.1, -0.05) is 6.92 Å². The molecule has 7 nitrogen and oxygen atoms in total. The Balaban J connectivity index is 0.000000621. The number of likely N-dealkylation sites (N-methyl/N-ethyl adjacent to an activating group) is 1. The molecule has 0 amide bonds. The molecule has 5 N–H and O–H groups in total. The van der Waals surface area contributed by atoms with Gasteiger partial charge in [-0.05, 0) is 37.1 Å². The number of rotatable bonds is 5. The number of hydrogen-bond donors (Lipinski definition) is 4. The molecular formula is C12H22N2O5S. The SMILES string of the molecule is CCc1cc(N(CC)CCO)ccc1N.O=S(=O)(O)O. The lowest BCUT2D eigenvalue weighted by Gasteiger charge is -2.23. The highest BCUT2D eigenvalue weighted by Gasteiger charge is 2.05. The van der Waals surface area contributed by atoms with Crippen molar-refractivity contribution in [1.82, 2.24) is 0 Å². The van der Waals surface area contributed by atoms with Crippen LogP contribution in [0.25, 0.3) is 0 Å². The van der Waals surface area contributed by atoms with E-state index in [1.165, 1.54) is 5.56 Å². The van der Waals surface area contributed by atoms with Crippen LogP contribution in [0.5, 0.6) is 0 Å². The fraction of sp³-hybridized carbons (Fsp3) is 0.500. The molecule has 0 saturated carbocycles. The van der Waals surface area contributed by atoms with Gasteiger partial charge < -0.3 is 15.7 Å². The summed E-state index contributed by atoms with van der Waals surface area (Å²) >= 11 is 0. The van der Waals surface area contributed by atoms with Crippen LogP contribution in [0.15, 0.2) is 18.2 Å². The second-order valence-electron chi connectivity index (χ2n) is 3.99. The molecule has 0 radical (unpaired) electrons. The molecule has 0 fully saturated rings. The third-order valence-electron chi connectivity index (χ3n) is 2.62. The smallest absolute Gasteiger partial charge is 0.394 e. The number of nitrogen functional groups attached to an aromatic ring is 1. The quantitative estimate of drug-likeness (QED) is 0.472. The summed E-state index contributed by atoms with van der Waals surface area (Å²) in [6.07, 6.45) is 0.941. The fourth-order valence-corrected chi connectivity index (χ4v) is 1.69. The topological polar surface area (TPSA) is 124 Å². The van der Waals surface area contributed by atoms with Gasteiger partial charge in [0.1, 0.15) is 0 Å². The molecule has 0 aliphatic heterocycles. The van der Waals surface area contributed by atoms with Crippen molar-refractivity contribution in [2.24, 2.45) is 0 Å². The highest BCUT2D eigenvalue weighted by molar-refractivity contribution is 7.79. The first kappa shape index (κ1) is 18.7. The van der Waals surface area contributed by atoms with Crippen LogP contribution in [0.1, 0.15) is 19.4 Å². The molecule has 0 spiro atoms. The second-order valence-corrected chi connectivity index (χ2v) is 4.88. The Morgan fingerprint density at radius 1 is 1.25 bits per heavy atom.